The third-order valence-corrected chi connectivity index (χ3v) is 5.84. The molecule has 0 bridgehead atoms. The zero-order valence-corrected chi connectivity index (χ0v) is 13.0. The third kappa shape index (κ3) is 4.60. The van der Waals surface area contributed by atoms with Crippen LogP contribution in [0.4, 0.5) is 0 Å². The number of thiophene rings is 1. The van der Waals surface area contributed by atoms with Crippen molar-refractivity contribution in [2.45, 2.75) is 19.4 Å². The van der Waals surface area contributed by atoms with E-state index in [9.17, 15) is 8.42 Å². The first-order valence-electron chi connectivity index (χ1n) is 6.69. The Balaban J connectivity index is 2.00. The molecule has 1 aliphatic rings. The van der Waals surface area contributed by atoms with E-state index in [1.165, 1.54) is 4.88 Å². The molecule has 2 heterocycles. The molecule has 0 aromatic carbocycles. The fraction of sp³-hybridized carbons (Fsp3) is 0.571. The SMILES string of the molecule is O=S1(=O)CCCN(Cc2sccc2C#CCCO)CC1. The molecule has 0 unspecified atom stereocenters. The van der Waals surface area contributed by atoms with Crippen LogP contribution in [0.25, 0.3) is 0 Å². The van der Waals surface area contributed by atoms with Gasteiger partial charge in [0.2, 0.25) is 0 Å². The number of hydrogen-bond acceptors (Lipinski definition) is 5. The highest BCUT2D eigenvalue weighted by Gasteiger charge is 2.19. The number of hydrogen-bond donors (Lipinski definition) is 1. The molecule has 0 saturated carbocycles. The monoisotopic (exact) mass is 313 g/mol. The zero-order valence-electron chi connectivity index (χ0n) is 11.3. The highest BCUT2D eigenvalue weighted by molar-refractivity contribution is 7.91. The van der Waals surface area contributed by atoms with Gasteiger partial charge in [0.15, 0.2) is 9.84 Å². The molecule has 1 saturated heterocycles. The average Bonchev–Trinajstić information content (AvgIpc) is 2.75. The molecule has 1 aromatic heterocycles. The largest absolute Gasteiger partial charge is 0.395 e. The minimum Gasteiger partial charge on any atom is -0.395 e. The van der Waals surface area contributed by atoms with Crippen LogP contribution in [0.15, 0.2) is 11.4 Å². The molecule has 1 aliphatic heterocycles. The Morgan fingerprint density at radius 2 is 2.20 bits per heavy atom. The van der Waals surface area contributed by atoms with Crippen molar-refractivity contribution >= 4 is 21.2 Å². The second kappa shape index (κ2) is 7.23. The molecule has 0 spiro atoms. The first-order valence-corrected chi connectivity index (χ1v) is 9.40. The van der Waals surface area contributed by atoms with Crippen molar-refractivity contribution in [1.29, 1.82) is 0 Å². The Bertz CT molecular complexity index is 595. The normalized spacial score (nSPS) is 19.1. The lowest BCUT2D eigenvalue weighted by molar-refractivity contribution is 0.289. The molecular formula is C14H19NO3S2. The number of aliphatic hydroxyl groups excluding tert-OH is 1. The first-order chi connectivity index (χ1) is 9.61. The second-order valence-electron chi connectivity index (χ2n) is 4.81. The van der Waals surface area contributed by atoms with E-state index in [0.717, 1.165) is 18.7 Å². The molecule has 0 aliphatic carbocycles. The quantitative estimate of drug-likeness (QED) is 0.849. The maximum atomic E-state index is 11.6. The minimum atomic E-state index is -2.85. The summed E-state index contributed by atoms with van der Waals surface area (Å²) < 4.78 is 23.2. The summed E-state index contributed by atoms with van der Waals surface area (Å²) in [7, 11) is -2.85. The van der Waals surface area contributed by atoms with Crippen molar-refractivity contribution in [3.8, 4) is 11.8 Å². The number of sulfone groups is 1. The van der Waals surface area contributed by atoms with Crippen molar-refractivity contribution in [2.75, 3.05) is 31.2 Å². The van der Waals surface area contributed by atoms with Gasteiger partial charge in [-0.3, -0.25) is 4.90 Å². The predicted molar refractivity (Wildman–Crippen MR) is 81.4 cm³/mol. The Kier molecular flexibility index (Phi) is 5.61. The second-order valence-corrected chi connectivity index (χ2v) is 8.12. The van der Waals surface area contributed by atoms with Crippen LogP contribution in [0.2, 0.25) is 0 Å². The minimum absolute atomic E-state index is 0.0798. The van der Waals surface area contributed by atoms with E-state index in [1.54, 1.807) is 11.3 Å². The lowest BCUT2D eigenvalue weighted by atomic mass is 10.2. The van der Waals surface area contributed by atoms with Gasteiger partial charge in [0.25, 0.3) is 0 Å². The van der Waals surface area contributed by atoms with E-state index in [0.29, 0.717) is 25.1 Å². The molecular weight excluding hydrogens is 294 g/mol. The van der Waals surface area contributed by atoms with Gasteiger partial charge in [0.05, 0.1) is 18.1 Å². The topological polar surface area (TPSA) is 57.6 Å². The Hall–Kier alpha value is -0.870. The summed E-state index contributed by atoms with van der Waals surface area (Å²) in [6, 6.07) is 1.99. The summed E-state index contributed by atoms with van der Waals surface area (Å²) >= 11 is 1.65. The maximum Gasteiger partial charge on any atom is 0.151 e. The van der Waals surface area contributed by atoms with E-state index < -0.39 is 9.84 Å². The van der Waals surface area contributed by atoms with Gasteiger partial charge in [-0.05, 0) is 24.4 Å². The van der Waals surface area contributed by atoms with Crippen LogP contribution in [0.5, 0.6) is 0 Å². The standard InChI is InChI=1S/C14H19NO3S2/c16-8-2-1-4-13-5-9-19-14(13)12-15-6-3-10-20(17,18)11-7-15/h5,9,16H,2-3,6-8,10-12H2. The Labute approximate surface area is 124 Å². The molecule has 2 rings (SSSR count). The predicted octanol–water partition coefficient (Wildman–Crippen LogP) is 1.10. The third-order valence-electron chi connectivity index (χ3n) is 3.22. The van der Waals surface area contributed by atoms with Gasteiger partial charge < -0.3 is 5.11 Å². The van der Waals surface area contributed by atoms with Gasteiger partial charge >= 0.3 is 0 Å². The van der Waals surface area contributed by atoms with E-state index in [-0.39, 0.29) is 12.4 Å². The molecule has 0 amide bonds. The average molecular weight is 313 g/mol. The summed E-state index contributed by atoms with van der Waals surface area (Å²) in [5.74, 6) is 6.56. The first kappa shape index (κ1) is 15.5. The lowest BCUT2D eigenvalue weighted by Gasteiger charge is -2.18. The van der Waals surface area contributed by atoms with Gasteiger partial charge in [-0.2, -0.15) is 0 Å². The summed E-state index contributed by atoms with van der Waals surface area (Å²) in [4.78, 5) is 3.36. The van der Waals surface area contributed by atoms with Crippen LogP contribution in [-0.2, 0) is 16.4 Å². The Morgan fingerprint density at radius 3 is 3.00 bits per heavy atom. The summed E-state index contributed by atoms with van der Waals surface area (Å²) in [6.45, 7) is 2.26. The van der Waals surface area contributed by atoms with E-state index in [2.05, 4.69) is 16.7 Å². The van der Waals surface area contributed by atoms with Crippen LogP contribution < -0.4 is 0 Å². The van der Waals surface area contributed by atoms with Gasteiger partial charge in [0.1, 0.15) is 0 Å². The van der Waals surface area contributed by atoms with Crippen molar-refractivity contribution in [3.63, 3.8) is 0 Å². The molecule has 0 atom stereocenters. The highest BCUT2D eigenvalue weighted by atomic mass is 32.2. The van der Waals surface area contributed by atoms with Gasteiger partial charge in [-0.25, -0.2) is 8.42 Å². The van der Waals surface area contributed by atoms with E-state index in [4.69, 9.17) is 5.11 Å². The van der Waals surface area contributed by atoms with Crippen LogP contribution in [0.3, 0.4) is 0 Å². The molecule has 110 valence electrons. The van der Waals surface area contributed by atoms with Crippen LogP contribution >= 0.6 is 11.3 Å². The zero-order chi connectivity index (χ0) is 14.4. The number of nitrogens with zero attached hydrogens (tertiary/aromatic N) is 1. The number of rotatable bonds is 3. The van der Waals surface area contributed by atoms with Crippen LogP contribution in [0, 0.1) is 11.8 Å². The van der Waals surface area contributed by atoms with Gasteiger partial charge in [-0.15, -0.1) is 11.3 Å². The molecule has 6 heteroatoms. The molecule has 1 fully saturated rings. The molecule has 1 N–H and O–H groups in total. The van der Waals surface area contributed by atoms with Crippen LogP contribution in [-0.4, -0.2) is 49.6 Å². The molecule has 1 aromatic rings. The van der Waals surface area contributed by atoms with E-state index >= 15 is 0 Å². The number of aliphatic hydroxyl groups is 1. The highest BCUT2D eigenvalue weighted by Crippen LogP contribution is 2.19. The Morgan fingerprint density at radius 1 is 1.35 bits per heavy atom. The smallest absolute Gasteiger partial charge is 0.151 e. The van der Waals surface area contributed by atoms with Crippen LogP contribution in [0.1, 0.15) is 23.3 Å². The summed E-state index contributed by atoms with van der Waals surface area (Å²) in [6.07, 6.45) is 1.19. The molecule has 0 radical (unpaired) electrons. The molecule has 4 nitrogen and oxygen atoms in total. The molecule has 20 heavy (non-hydrogen) atoms. The lowest BCUT2D eigenvalue weighted by Crippen LogP contribution is -2.26. The summed E-state index contributed by atoms with van der Waals surface area (Å²) in [5, 5.41) is 10.7. The van der Waals surface area contributed by atoms with Gasteiger partial charge in [-0.1, -0.05) is 11.8 Å². The van der Waals surface area contributed by atoms with Gasteiger partial charge in [0, 0.05) is 30.0 Å². The van der Waals surface area contributed by atoms with Crippen molar-refractivity contribution in [2.24, 2.45) is 0 Å². The fourth-order valence-electron chi connectivity index (χ4n) is 2.14. The summed E-state index contributed by atoms with van der Waals surface area (Å²) in [5.41, 5.74) is 0.996. The van der Waals surface area contributed by atoms with Crippen molar-refractivity contribution < 1.29 is 13.5 Å². The van der Waals surface area contributed by atoms with E-state index in [1.807, 2.05) is 11.4 Å². The fourth-order valence-corrected chi connectivity index (χ4v) is 4.32. The maximum absolute atomic E-state index is 11.6. The van der Waals surface area contributed by atoms with Crippen molar-refractivity contribution in [1.82, 2.24) is 4.90 Å². The van der Waals surface area contributed by atoms with Crippen molar-refractivity contribution in [3.05, 3.63) is 21.9 Å².